The van der Waals surface area contributed by atoms with E-state index in [1.54, 1.807) is 37.3 Å². The Morgan fingerprint density at radius 1 is 1.11 bits per heavy atom. The number of nitrogens with zero attached hydrogens (tertiary/aromatic N) is 1. The summed E-state index contributed by atoms with van der Waals surface area (Å²) in [5, 5.41) is 0. The molecule has 3 aromatic rings. The van der Waals surface area contributed by atoms with Crippen LogP contribution < -0.4 is 4.74 Å². The Bertz CT molecular complexity index is 890. The van der Waals surface area contributed by atoms with Crippen molar-refractivity contribution in [1.82, 2.24) is 4.90 Å². The molecular weight excluding hydrogens is 357 g/mol. The van der Waals surface area contributed by atoms with Gasteiger partial charge in [0.15, 0.2) is 0 Å². The minimum atomic E-state index is -0.285. The predicted octanol–water partition coefficient (Wildman–Crippen LogP) is 5.00. The van der Waals surface area contributed by atoms with E-state index in [-0.39, 0.29) is 17.6 Å². The molecule has 0 saturated carbocycles. The second-order valence-corrected chi connectivity index (χ2v) is 6.67. The van der Waals surface area contributed by atoms with Crippen LogP contribution in [0.1, 0.15) is 36.1 Å². The molecule has 1 amide bonds. The molecule has 3 rings (SSSR count). The normalized spacial score (nSPS) is 11.8. The van der Waals surface area contributed by atoms with E-state index in [4.69, 9.17) is 9.15 Å². The number of rotatable bonds is 8. The molecule has 0 aliphatic rings. The van der Waals surface area contributed by atoms with Gasteiger partial charge in [0.25, 0.3) is 0 Å². The highest BCUT2D eigenvalue weighted by atomic mass is 19.1. The topological polar surface area (TPSA) is 42.7 Å². The second kappa shape index (κ2) is 9.22. The standard InChI is InChI=1S/C23H24FNO3/c1-17(26)25(16-18-9-11-19(24)12-10-18)14-13-21(23-8-5-15-28-23)20-6-3-4-7-22(20)27-2/h3-12,15,21H,13-14,16H2,1-2H3/t21-/m0/s1. The summed E-state index contributed by atoms with van der Waals surface area (Å²) >= 11 is 0. The number of carbonyl (C=O) groups is 1. The van der Waals surface area contributed by atoms with Gasteiger partial charge in [-0.3, -0.25) is 4.79 Å². The van der Waals surface area contributed by atoms with Gasteiger partial charge >= 0.3 is 0 Å². The Hall–Kier alpha value is -3.08. The maximum absolute atomic E-state index is 13.1. The lowest BCUT2D eigenvalue weighted by Gasteiger charge is -2.25. The molecule has 0 N–H and O–H groups in total. The van der Waals surface area contributed by atoms with Gasteiger partial charge in [0, 0.05) is 31.5 Å². The molecule has 0 spiro atoms. The van der Waals surface area contributed by atoms with Crippen LogP contribution in [0.5, 0.6) is 5.75 Å². The van der Waals surface area contributed by atoms with Crippen LogP contribution in [0, 0.1) is 5.82 Å². The fraction of sp³-hybridized carbons (Fsp3) is 0.261. The first-order valence-corrected chi connectivity index (χ1v) is 9.24. The Kier molecular flexibility index (Phi) is 6.48. The average Bonchev–Trinajstić information content (AvgIpc) is 3.23. The molecule has 0 aliphatic carbocycles. The number of methoxy groups -OCH3 is 1. The Morgan fingerprint density at radius 2 is 1.86 bits per heavy atom. The van der Waals surface area contributed by atoms with E-state index in [1.807, 2.05) is 36.4 Å². The molecule has 28 heavy (non-hydrogen) atoms. The molecule has 0 unspecified atom stereocenters. The molecule has 0 fully saturated rings. The van der Waals surface area contributed by atoms with Crippen molar-refractivity contribution in [3.8, 4) is 5.75 Å². The van der Waals surface area contributed by atoms with E-state index in [0.29, 0.717) is 19.5 Å². The minimum absolute atomic E-state index is 0.0254. The average molecular weight is 381 g/mol. The van der Waals surface area contributed by atoms with Crippen molar-refractivity contribution in [2.45, 2.75) is 25.8 Å². The Morgan fingerprint density at radius 3 is 2.50 bits per heavy atom. The Balaban J connectivity index is 1.79. The maximum Gasteiger partial charge on any atom is 0.219 e. The van der Waals surface area contributed by atoms with Crippen molar-refractivity contribution >= 4 is 5.91 Å². The zero-order valence-corrected chi connectivity index (χ0v) is 16.1. The van der Waals surface area contributed by atoms with Gasteiger partial charge in [-0.05, 0) is 42.3 Å². The first-order chi connectivity index (χ1) is 13.6. The van der Waals surface area contributed by atoms with Crippen molar-refractivity contribution < 1.29 is 18.3 Å². The zero-order valence-electron chi connectivity index (χ0n) is 16.1. The van der Waals surface area contributed by atoms with Crippen molar-refractivity contribution in [3.05, 3.63) is 89.6 Å². The number of furan rings is 1. The van der Waals surface area contributed by atoms with E-state index < -0.39 is 0 Å². The van der Waals surface area contributed by atoms with Crippen LogP contribution in [-0.4, -0.2) is 24.5 Å². The third kappa shape index (κ3) is 4.80. The van der Waals surface area contributed by atoms with Gasteiger partial charge < -0.3 is 14.1 Å². The molecule has 146 valence electrons. The molecule has 0 radical (unpaired) electrons. The number of hydrogen-bond acceptors (Lipinski definition) is 3. The van der Waals surface area contributed by atoms with Gasteiger partial charge in [0.05, 0.1) is 13.4 Å². The van der Waals surface area contributed by atoms with Crippen LogP contribution in [0.25, 0.3) is 0 Å². The van der Waals surface area contributed by atoms with E-state index >= 15 is 0 Å². The lowest BCUT2D eigenvalue weighted by molar-refractivity contribution is -0.129. The number of halogens is 1. The van der Waals surface area contributed by atoms with Crippen LogP contribution >= 0.6 is 0 Å². The van der Waals surface area contributed by atoms with Crippen LogP contribution in [0.4, 0.5) is 4.39 Å². The first-order valence-electron chi connectivity index (χ1n) is 9.24. The van der Waals surface area contributed by atoms with E-state index in [2.05, 4.69) is 0 Å². The molecule has 2 aromatic carbocycles. The van der Waals surface area contributed by atoms with Crippen molar-refractivity contribution in [3.63, 3.8) is 0 Å². The predicted molar refractivity (Wildman–Crippen MR) is 106 cm³/mol. The van der Waals surface area contributed by atoms with Crippen LogP contribution in [0.2, 0.25) is 0 Å². The maximum atomic E-state index is 13.1. The SMILES string of the molecule is COc1ccccc1[C@H](CCN(Cc1ccc(F)cc1)C(C)=O)c1ccco1. The molecule has 0 bridgehead atoms. The van der Waals surface area contributed by atoms with Crippen molar-refractivity contribution in [1.29, 1.82) is 0 Å². The molecule has 1 atom stereocenters. The highest BCUT2D eigenvalue weighted by Crippen LogP contribution is 2.34. The van der Waals surface area contributed by atoms with Gasteiger partial charge in [-0.2, -0.15) is 0 Å². The second-order valence-electron chi connectivity index (χ2n) is 6.67. The summed E-state index contributed by atoms with van der Waals surface area (Å²) in [5.41, 5.74) is 1.91. The molecule has 5 heteroatoms. The molecule has 1 aromatic heterocycles. The fourth-order valence-electron chi connectivity index (χ4n) is 3.34. The lowest BCUT2D eigenvalue weighted by atomic mass is 9.92. The van der Waals surface area contributed by atoms with E-state index in [1.165, 1.54) is 12.1 Å². The van der Waals surface area contributed by atoms with Gasteiger partial charge in [0.1, 0.15) is 17.3 Å². The largest absolute Gasteiger partial charge is 0.496 e. The lowest BCUT2D eigenvalue weighted by Crippen LogP contribution is -2.30. The fourth-order valence-corrected chi connectivity index (χ4v) is 3.34. The molecule has 0 aliphatic heterocycles. The first kappa shape index (κ1) is 19.7. The highest BCUT2D eigenvalue weighted by molar-refractivity contribution is 5.73. The third-order valence-electron chi connectivity index (χ3n) is 4.82. The minimum Gasteiger partial charge on any atom is -0.496 e. The number of hydrogen-bond donors (Lipinski definition) is 0. The van der Waals surface area contributed by atoms with Crippen LogP contribution in [-0.2, 0) is 11.3 Å². The molecule has 1 heterocycles. The Labute approximate surface area is 164 Å². The summed E-state index contributed by atoms with van der Waals surface area (Å²) in [5.74, 6) is 1.27. The van der Waals surface area contributed by atoms with E-state index in [0.717, 1.165) is 22.6 Å². The molecule has 0 saturated heterocycles. The van der Waals surface area contributed by atoms with E-state index in [9.17, 15) is 9.18 Å². The van der Waals surface area contributed by atoms with Crippen molar-refractivity contribution in [2.75, 3.05) is 13.7 Å². The summed E-state index contributed by atoms with van der Waals surface area (Å²) in [6.45, 7) is 2.52. The summed E-state index contributed by atoms with van der Waals surface area (Å²) < 4.78 is 24.4. The number of benzene rings is 2. The number of amides is 1. The summed E-state index contributed by atoms with van der Waals surface area (Å²) in [6, 6.07) is 17.9. The monoisotopic (exact) mass is 381 g/mol. The van der Waals surface area contributed by atoms with Crippen molar-refractivity contribution in [2.24, 2.45) is 0 Å². The highest BCUT2D eigenvalue weighted by Gasteiger charge is 2.22. The number of carbonyl (C=O) groups excluding carboxylic acids is 1. The molecule has 4 nitrogen and oxygen atoms in total. The number of ether oxygens (including phenoxy) is 1. The summed E-state index contributed by atoms with van der Waals surface area (Å²) in [6.07, 6.45) is 2.33. The van der Waals surface area contributed by atoms with Crippen LogP contribution in [0.15, 0.2) is 71.3 Å². The summed E-state index contributed by atoms with van der Waals surface area (Å²) in [4.78, 5) is 13.9. The summed E-state index contributed by atoms with van der Waals surface area (Å²) in [7, 11) is 1.65. The van der Waals surface area contributed by atoms with Gasteiger partial charge in [-0.1, -0.05) is 30.3 Å². The molecular formula is C23H24FNO3. The van der Waals surface area contributed by atoms with Gasteiger partial charge in [-0.25, -0.2) is 4.39 Å². The number of para-hydroxylation sites is 1. The quantitative estimate of drug-likeness (QED) is 0.552. The van der Waals surface area contributed by atoms with Gasteiger partial charge in [0.2, 0.25) is 5.91 Å². The van der Waals surface area contributed by atoms with Gasteiger partial charge in [-0.15, -0.1) is 0 Å². The van der Waals surface area contributed by atoms with Crippen LogP contribution in [0.3, 0.4) is 0 Å². The zero-order chi connectivity index (χ0) is 19.9. The third-order valence-corrected chi connectivity index (χ3v) is 4.82. The smallest absolute Gasteiger partial charge is 0.219 e.